The SMILES string of the molecule is CCCCc1cc2ccccc2c(OCC[N+](C)(C)[C@@H](CC)c2ccc(C(N)=O)c(CC)c2-c2ccccc2)n1. The van der Waals surface area contributed by atoms with Crippen molar-refractivity contribution in [3.8, 4) is 17.0 Å². The number of carbonyl (C=O) groups excluding carboxylic acids is 1. The van der Waals surface area contributed by atoms with Gasteiger partial charge < -0.3 is 15.0 Å². The summed E-state index contributed by atoms with van der Waals surface area (Å²) < 4.78 is 7.17. The largest absolute Gasteiger partial charge is 0.471 e. The van der Waals surface area contributed by atoms with E-state index in [1.54, 1.807) is 0 Å². The molecule has 1 atom stereocenters. The highest BCUT2D eigenvalue weighted by Crippen LogP contribution is 2.39. The van der Waals surface area contributed by atoms with E-state index in [-0.39, 0.29) is 11.9 Å². The Morgan fingerprint density at radius 1 is 0.975 bits per heavy atom. The van der Waals surface area contributed by atoms with Gasteiger partial charge in [0.15, 0.2) is 0 Å². The zero-order chi connectivity index (χ0) is 28.7. The van der Waals surface area contributed by atoms with Crippen molar-refractivity contribution < 1.29 is 14.0 Å². The predicted molar refractivity (Wildman–Crippen MR) is 166 cm³/mol. The Morgan fingerprint density at radius 2 is 1.70 bits per heavy atom. The van der Waals surface area contributed by atoms with Crippen LogP contribution >= 0.6 is 0 Å². The summed E-state index contributed by atoms with van der Waals surface area (Å²) in [4.78, 5) is 17.3. The summed E-state index contributed by atoms with van der Waals surface area (Å²) in [6, 6.07) is 25.1. The quantitative estimate of drug-likeness (QED) is 0.179. The van der Waals surface area contributed by atoms with Crippen molar-refractivity contribution in [2.45, 2.75) is 58.9 Å². The molecule has 1 aromatic heterocycles. The molecule has 0 aliphatic carbocycles. The fourth-order valence-corrected chi connectivity index (χ4v) is 5.93. The number of benzene rings is 3. The molecule has 0 aliphatic heterocycles. The normalized spacial score (nSPS) is 12.4. The van der Waals surface area contributed by atoms with Gasteiger partial charge in [0.05, 0.1) is 14.1 Å². The molecular formula is C35H44N3O2+. The first kappa shape index (κ1) is 29.3. The van der Waals surface area contributed by atoms with Crippen LogP contribution in [0.15, 0.2) is 72.8 Å². The van der Waals surface area contributed by atoms with Crippen LogP contribution in [0, 0.1) is 0 Å². The lowest BCUT2D eigenvalue weighted by Gasteiger charge is -2.39. The van der Waals surface area contributed by atoms with Gasteiger partial charge in [-0.2, -0.15) is 0 Å². The summed E-state index contributed by atoms with van der Waals surface area (Å²) in [5, 5.41) is 2.23. The Kier molecular flexibility index (Phi) is 9.59. The van der Waals surface area contributed by atoms with Crippen molar-refractivity contribution in [1.82, 2.24) is 4.98 Å². The van der Waals surface area contributed by atoms with Crippen LogP contribution in [0.1, 0.15) is 73.3 Å². The number of likely N-dealkylation sites (N-methyl/N-ethyl adjacent to an activating group) is 1. The molecule has 0 unspecified atom stereocenters. The van der Waals surface area contributed by atoms with Crippen LogP contribution in [0.2, 0.25) is 0 Å². The van der Waals surface area contributed by atoms with Gasteiger partial charge in [0, 0.05) is 28.6 Å². The fourth-order valence-electron chi connectivity index (χ4n) is 5.93. The van der Waals surface area contributed by atoms with Crippen LogP contribution in [-0.2, 0) is 12.8 Å². The van der Waals surface area contributed by atoms with Crippen LogP contribution in [-0.4, -0.2) is 42.6 Å². The lowest BCUT2D eigenvalue weighted by atomic mass is 9.85. The Morgan fingerprint density at radius 3 is 2.38 bits per heavy atom. The molecule has 5 heteroatoms. The number of pyridine rings is 1. The predicted octanol–water partition coefficient (Wildman–Crippen LogP) is 7.51. The van der Waals surface area contributed by atoms with E-state index in [9.17, 15) is 4.79 Å². The number of aryl methyl sites for hydroxylation is 1. The van der Waals surface area contributed by atoms with Gasteiger partial charge in [-0.05, 0) is 59.5 Å². The molecule has 0 saturated heterocycles. The zero-order valence-corrected chi connectivity index (χ0v) is 24.7. The van der Waals surface area contributed by atoms with Gasteiger partial charge in [-0.1, -0.05) is 81.8 Å². The van der Waals surface area contributed by atoms with Crippen LogP contribution < -0.4 is 10.5 Å². The summed E-state index contributed by atoms with van der Waals surface area (Å²) in [5.74, 6) is 0.345. The highest BCUT2D eigenvalue weighted by molar-refractivity contribution is 5.97. The molecule has 0 spiro atoms. The molecule has 0 radical (unpaired) electrons. The average molecular weight is 539 g/mol. The third kappa shape index (κ3) is 6.37. The number of nitrogens with two attached hydrogens (primary N) is 1. The van der Waals surface area contributed by atoms with Crippen molar-refractivity contribution >= 4 is 16.7 Å². The molecule has 1 heterocycles. The fraction of sp³-hybridized carbons (Fsp3) is 0.371. The summed E-state index contributed by atoms with van der Waals surface area (Å²) in [7, 11) is 4.53. The number of rotatable bonds is 13. The first-order valence-corrected chi connectivity index (χ1v) is 14.7. The van der Waals surface area contributed by atoms with E-state index in [1.807, 2.05) is 18.2 Å². The number of primary amides is 1. The molecule has 1 amide bonds. The molecule has 0 bridgehead atoms. The average Bonchev–Trinajstić information content (AvgIpc) is 2.96. The number of fused-ring (bicyclic) bond motifs is 1. The molecule has 4 aromatic rings. The maximum absolute atomic E-state index is 12.4. The minimum atomic E-state index is -0.378. The zero-order valence-electron chi connectivity index (χ0n) is 24.7. The van der Waals surface area contributed by atoms with Crippen molar-refractivity contribution in [1.29, 1.82) is 0 Å². The van der Waals surface area contributed by atoms with Gasteiger partial charge in [0.2, 0.25) is 11.8 Å². The Labute approximate surface area is 239 Å². The molecule has 0 fully saturated rings. The number of ether oxygens (including phenoxy) is 1. The Balaban J connectivity index is 1.65. The smallest absolute Gasteiger partial charge is 0.248 e. The van der Waals surface area contributed by atoms with Crippen LogP contribution in [0.5, 0.6) is 5.88 Å². The van der Waals surface area contributed by atoms with Crippen LogP contribution in [0.4, 0.5) is 0 Å². The molecule has 210 valence electrons. The Bertz CT molecular complexity index is 1450. The van der Waals surface area contributed by atoms with Crippen LogP contribution in [0.3, 0.4) is 0 Å². The summed E-state index contributed by atoms with van der Waals surface area (Å²) in [6.07, 6.45) is 4.89. The van der Waals surface area contributed by atoms with Gasteiger partial charge in [-0.15, -0.1) is 0 Å². The first-order chi connectivity index (χ1) is 19.3. The van der Waals surface area contributed by atoms with Gasteiger partial charge in [-0.3, -0.25) is 4.79 Å². The van der Waals surface area contributed by atoms with E-state index < -0.39 is 0 Å². The van der Waals surface area contributed by atoms with E-state index >= 15 is 0 Å². The highest BCUT2D eigenvalue weighted by Gasteiger charge is 2.32. The monoisotopic (exact) mass is 538 g/mol. The number of hydrogen-bond donors (Lipinski definition) is 1. The molecule has 2 N–H and O–H groups in total. The number of nitrogens with zero attached hydrogens (tertiary/aromatic N) is 2. The topological polar surface area (TPSA) is 65.2 Å². The molecule has 0 saturated carbocycles. The van der Waals surface area contributed by atoms with E-state index in [1.165, 1.54) is 10.9 Å². The Hall–Kier alpha value is -3.70. The molecular weight excluding hydrogens is 494 g/mol. The number of amides is 1. The van der Waals surface area contributed by atoms with Crippen molar-refractivity contribution in [2.24, 2.45) is 5.73 Å². The highest BCUT2D eigenvalue weighted by atomic mass is 16.5. The second-order valence-electron chi connectivity index (χ2n) is 11.2. The van der Waals surface area contributed by atoms with E-state index in [0.29, 0.717) is 12.2 Å². The molecule has 0 aliphatic rings. The number of carbonyl (C=O) groups is 1. The maximum Gasteiger partial charge on any atom is 0.248 e. The number of unbranched alkanes of at least 4 members (excludes halogenated alkanes) is 1. The van der Waals surface area contributed by atoms with Crippen molar-refractivity contribution in [3.63, 3.8) is 0 Å². The van der Waals surface area contributed by atoms with E-state index in [4.69, 9.17) is 15.5 Å². The van der Waals surface area contributed by atoms with Crippen molar-refractivity contribution in [3.05, 3.63) is 95.2 Å². The number of quaternary nitrogens is 1. The molecule has 5 nitrogen and oxygen atoms in total. The molecule has 40 heavy (non-hydrogen) atoms. The van der Waals surface area contributed by atoms with Gasteiger partial charge in [0.25, 0.3) is 0 Å². The van der Waals surface area contributed by atoms with Gasteiger partial charge in [0.1, 0.15) is 19.2 Å². The minimum Gasteiger partial charge on any atom is -0.471 e. The maximum atomic E-state index is 12.4. The van der Waals surface area contributed by atoms with Gasteiger partial charge in [-0.25, -0.2) is 4.98 Å². The summed E-state index contributed by atoms with van der Waals surface area (Å²) >= 11 is 0. The number of aromatic nitrogens is 1. The van der Waals surface area contributed by atoms with E-state index in [2.05, 4.69) is 89.5 Å². The lowest BCUT2D eigenvalue weighted by Crippen LogP contribution is -2.46. The standard InChI is InChI=1S/C35H43N3O2/c1-6-9-18-27-24-26-17-13-14-19-29(26)35(37-27)40-23-22-38(4,5)32(8-3)31-21-20-30(34(36)39)28(7-2)33(31)25-15-11-10-12-16-25/h10-17,19-21,24,32H,6-9,18,22-23H2,1-5H3,(H-,36,39)/p+1/t32-/m0/s1. The van der Waals surface area contributed by atoms with Crippen molar-refractivity contribution in [2.75, 3.05) is 27.2 Å². The molecule has 3 aromatic carbocycles. The first-order valence-electron chi connectivity index (χ1n) is 14.7. The van der Waals surface area contributed by atoms with Crippen LogP contribution in [0.25, 0.3) is 21.9 Å². The minimum absolute atomic E-state index is 0.201. The third-order valence-corrected chi connectivity index (χ3v) is 8.07. The summed E-state index contributed by atoms with van der Waals surface area (Å²) in [6.45, 7) is 7.90. The van der Waals surface area contributed by atoms with E-state index in [0.717, 1.165) is 76.8 Å². The lowest BCUT2D eigenvalue weighted by molar-refractivity contribution is -0.921. The second kappa shape index (κ2) is 13.1. The second-order valence-corrected chi connectivity index (χ2v) is 11.2. The third-order valence-electron chi connectivity index (χ3n) is 8.07. The number of hydrogen-bond acceptors (Lipinski definition) is 3. The van der Waals surface area contributed by atoms with Gasteiger partial charge >= 0.3 is 0 Å². The summed E-state index contributed by atoms with van der Waals surface area (Å²) in [5.41, 5.74) is 12.0. The molecule has 4 rings (SSSR count).